The second kappa shape index (κ2) is 5.71. The number of rotatable bonds is 4. The first-order valence-electron chi connectivity index (χ1n) is 6.06. The van der Waals surface area contributed by atoms with Crippen molar-refractivity contribution in [3.63, 3.8) is 0 Å². The first kappa shape index (κ1) is 13.4. The lowest BCUT2D eigenvalue weighted by atomic mass is 9.96. The molecule has 0 amide bonds. The monoisotopic (exact) mass is 258 g/mol. The van der Waals surface area contributed by atoms with Crippen molar-refractivity contribution in [1.82, 2.24) is 4.98 Å². The zero-order valence-electron chi connectivity index (χ0n) is 11.4. The molecule has 0 saturated carbocycles. The predicted molar refractivity (Wildman–Crippen MR) is 74.6 cm³/mol. The molecule has 1 unspecified atom stereocenters. The molecule has 0 saturated heterocycles. The number of hydrogen-bond donors (Lipinski definition) is 1. The fraction of sp³-hybridized carbons (Fsp3) is 0.267. The summed E-state index contributed by atoms with van der Waals surface area (Å²) in [4.78, 5) is 4.14. The molecule has 2 aromatic rings. The lowest BCUT2D eigenvalue weighted by Gasteiger charge is -2.20. The first-order chi connectivity index (χ1) is 9.19. The van der Waals surface area contributed by atoms with Crippen molar-refractivity contribution < 1.29 is 9.47 Å². The Kier molecular flexibility index (Phi) is 4.02. The van der Waals surface area contributed by atoms with E-state index in [1.54, 1.807) is 26.6 Å². The second-order valence-electron chi connectivity index (χ2n) is 4.29. The molecule has 19 heavy (non-hydrogen) atoms. The molecule has 0 spiro atoms. The molecule has 100 valence electrons. The minimum absolute atomic E-state index is 0.334. The minimum atomic E-state index is -0.334. The maximum absolute atomic E-state index is 6.37. The Morgan fingerprint density at radius 3 is 2.26 bits per heavy atom. The van der Waals surface area contributed by atoms with Gasteiger partial charge in [-0.1, -0.05) is 6.07 Å². The average Bonchev–Trinajstić information content (AvgIpc) is 2.46. The van der Waals surface area contributed by atoms with Crippen LogP contribution in [-0.4, -0.2) is 19.2 Å². The van der Waals surface area contributed by atoms with Gasteiger partial charge in [0.15, 0.2) is 0 Å². The maximum atomic E-state index is 6.37. The lowest BCUT2D eigenvalue weighted by molar-refractivity contribution is 0.382. The molecule has 0 bridgehead atoms. The third-order valence-corrected chi connectivity index (χ3v) is 3.19. The van der Waals surface area contributed by atoms with E-state index < -0.39 is 0 Å². The number of nitrogens with two attached hydrogens (primary N) is 1. The largest absolute Gasteiger partial charge is 0.496 e. The third kappa shape index (κ3) is 2.53. The van der Waals surface area contributed by atoms with Gasteiger partial charge in [0.2, 0.25) is 0 Å². The Morgan fingerprint density at radius 1 is 1.11 bits per heavy atom. The molecular formula is C15H18N2O2. The Morgan fingerprint density at radius 2 is 1.74 bits per heavy atom. The quantitative estimate of drug-likeness (QED) is 0.915. The highest BCUT2D eigenvalue weighted by atomic mass is 16.5. The summed E-state index contributed by atoms with van der Waals surface area (Å²) in [5, 5.41) is 0. The zero-order chi connectivity index (χ0) is 13.8. The maximum Gasteiger partial charge on any atom is 0.127 e. The molecule has 0 aliphatic heterocycles. The van der Waals surface area contributed by atoms with Crippen LogP contribution in [-0.2, 0) is 0 Å². The summed E-state index contributed by atoms with van der Waals surface area (Å²) in [6, 6.07) is 7.24. The Hall–Kier alpha value is -2.07. The van der Waals surface area contributed by atoms with Gasteiger partial charge >= 0.3 is 0 Å². The second-order valence-corrected chi connectivity index (χ2v) is 4.29. The fourth-order valence-electron chi connectivity index (χ4n) is 2.14. The van der Waals surface area contributed by atoms with Gasteiger partial charge in [-0.25, -0.2) is 0 Å². The standard InChI is InChI=1S/C15H18N2O2/c1-10-7-8-17-9-11(10)15(16)14-12(18-2)5-4-6-13(14)19-3/h4-9,15H,16H2,1-3H3. The van der Waals surface area contributed by atoms with Crippen LogP contribution >= 0.6 is 0 Å². The Labute approximate surface area is 113 Å². The summed E-state index contributed by atoms with van der Waals surface area (Å²) in [6.45, 7) is 2.01. The highest BCUT2D eigenvalue weighted by Crippen LogP contribution is 2.36. The van der Waals surface area contributed by atoms with Crippen molar-refractivity contribution in [2.45, 2.75) is 13.0 Å². The molecule has 0 aliphatic carbocycles. The van der Waals surface area contributed by atoms with E-state index in [2.05, 4.69) is 4.98 Å². The van der Waals surface area contributed by atoms with Gasteiger partial charge in [-0.3, -0.25) is 4.98 Å². The van der Waals surface area contributed by atoms with Crippen LogP contribution in [0.2, 0.25) is 0 Å². The molecule has 0 radical (unpaired) electrons. The number of benzene rings is 1. The Balaban J connectivity index is 2.55. The number of hydrogen-bond acceptors (Lipinski definition) is 4. The summed E-state index contributed by atoms with van der Waals surface area (Å²) in [7, 11) is 3.25. The van der Waals surface area contributed by atoms with Crippen LogP contribution in [0.4, 0.5) is 0 Å². The smallest absolute Gasteiger partial charge is 0.127 e. The summed E-state index contributed by atoms with van der Waals surface area (Å²) in [5.41, 5.74) is 9.26. The van der Waals surface area contributed by atoms with Crippen molar-refractivity contribution in [1.29, 1.82) is 0 Å². The molecule has 4 heteroatoms. The van der Waals surface area contributed by atoms with E-state index in [9.17, 15) is 0 Å². The molecule has 2 rings (SSSR count). The summed E-state index contributed by atoms with van der Waals surface area (Å²) in [6.07, 6.45) is 3.54. The van der Waals surface area contributed by atoms with E-state index in [0.717, 1.165) is 28.2 Å². The lowest BCUT2D eigenvalue weighted by Crippen LogP contribution is -2.15. The van der Waals surface area contributed by atoms with E-state index >= 15 is 0 Å². The van der Waals surface area contributed by atoms with Gasteiger partial charge in [0, 0.05) is 12.4 Å². The van der Waals surface area contributed by atoms with E-state index in [0.29, 0.717) is 0 Å². The number of nitrogens with zero attached hydrogens (tertiary/aromatic N) is 1. The van der Waals surface area contributed by atoms with Crippen LogP contribution in [0.15, 0.2) is 36.7 Å². The normalized spacial score (nSPS) is 12.0. The van der Waals surface area contributed by atoms with Gasteiger partial charge in [-0.2, -0.15) is 0 Å². The highest BCUT2D eigenvalue weighted by molar-refractivity contribution is 5.51. The van der Waals surface area contributed by atoms with Crippen molar-refractivity contribution in [3.8, 4) is 11.5 Å². The number of ether oxygens (including phenoxy) is 2. The number of methoxy groups -OCH3 is 2. The molecule has 4 nitrogen and oxygen atoms in total. The molecule has 2 N–H and O–H groups in total. The van der Waals surface area contributed by atoms with Crippen molar-refractivity contribution >= 4 is 0 Å². The topological polar surface area (TPSA) is 57.4 Å². The third-order valence-electron chi connectivity index (χ3n) is 3.19. The minimum Gasteiger partial charge on any atom is -0.496 e. The highest BCUT2D eigenvalue weighted by Gasteiger charge is 2.20. The van der Waals surface area contributed by atoms with Gasteiger partial charge in [0.25, 0.3) is 0 Å². The van der Waals surface area contributed by atoms with Crippen LogP contribution in [0.3, 0.4) is 0 Å². The van der Waals surface area contributed by atoms with Crippen molar-refractivity contribution in [2.24, 2.45) is 5.73 Å². The number of aryl methyl sites for hydroxylation is 1. The molecule has 1 atom stereocenters. The van der Waals surface area contributed by atoms with Crippen LogP contribution < -0.4 is 15.2 Å². The molecule has 1 heterocycles. The molecule has 0 aliphatic rings. The molecule has 0 fully saturated rings. The van der Waals surface area contributed by atoms with Gasteiger partial charge in [0.05, 0.1) is 25.8 Å². The summed E-state index contributed by atoms with van der Waals surface area (Å²) in [5.74, 6) is 1.44. The van der Waals surface area contributed by atoms with Gasteiger partial charge in [0.1, 0.15) is 11.5 Å². The fourth-order valence-corrected chi connectivity index (χ4v) is 2.14. The van der Waals surface area contributed by atoms with Gasteiger partial charge in [-0.05, 0) is 36.2 Å². The van der Waals surface area contributed by atoms with E-state index in [-0.39, 0.29) is 6.04 Å². The predicted octanol–water partition coefficient (Wildman–Crippen LogP) is 2.46. The van der Waals surface area contributed by atoms with Crippen molar-refractivity contribution in [3.05, 3.63) is 53.3 Å². The average molecular weight is 258 g/mol. The summed E-state index contributed by atoms with van der Waals surface area (Å²) < 4.78 is 10.8. The number of pyridine rings is 1. The van der Waals surface area contributed by atoms with Gasteiger partial charge in [-0.15, -0.1) is 0 Å². The molecular weight excluding hydrogens is 240 g/mol. The molecule has 1 aromatic heterocycles. The summed E-state index contributed by atoms with van der Waals surface area (Å²) >= 11 is 0. The molecule has 1 aromatic carbocycles. The van der Waals surface area contributed by atoms with Crippen LogP contribution in [0.25, 0.3) is 0 Å². The van der Waals surface area contributed by atoms with Crippen LogP contribution in [0.5, 0.6) is 11.5 Å². The van der Waals surface area contributed by atoms with Crippen LogP contribution in [0, 0.1) is 6.92 Å². The zero-order valence-corrected chi connectivity index (χ0v) is 11.4. The van der Waals surface area contributed by atoms with Gasteiger partial charge < -0.3 is 15.2 Å². The van der Waals surface area contributed by atoms with E-state index in [1.807, 2.05) is 31.2 Å². The van der Waals surface area contributed by atoms with Crippen LogP contribution in [0.1, 0.15) is 22.7 Å². The number of aromatic nitrogens is 1. The first-order valence-corrected chi connectivity index (χ1v) is 6.06. The Bertz CT molecular complexity index is 548. The van der Waals surface area contributed by atoms with E-state index in [1.165, 1.54) is 0 Å². The van der Waals surface area contributed by atoms with E-state index in [4.69, 9.17) is 15.2 Å². The SMILES string of the molecule is COc1cccc(OC)c1C(N)c1cnccc1C. The van der Waals surface area contributed by atoms with Crippen molar-refractivity contribution in [2.75, 3.05) is 14.2 Å².